The van der Waals surface area contributed by atoms with Gasteiger partial charge in [0.2, 0.25) is 0 Å². The lowest BCUT2D eigenvalue weighted by Crippen LogP contribution is -2.17. The van der Waals surface area contributed by atoms with Gasteiger partial charge in [-0.2, -0.15) is 0 Å². The lowest BCUT2D eigenvalue weighted by molar-refractivity contribution is 0.0600. The Morgan fingerprint density at radius 2 is 1.75 bits per heavy atom. The van der Waals surface area contributed by atoms with E-state index in [4.69, 9.17) is 9.47 Å². The first-order valence-corrected chi connectivity index (χ1v) is 12.3. The zero-order chi connectivity index (χ0) is 26.2. The smallest absolute Gasteiger partial charge is 0.337 e. The summed E-state index contributed by atoms with van der Waals surface area (Å²) in [7, 11) is -2.15. The van der Waals surface area contributed by atoms with E-state index in [1.807, 2.05) is 0 Å². The third-order valence-electron chi connectivity index (χ3n) is 5.85. The number of esters is 1. The van der Waals surface area contributed by atoms with Gasteiger partial charge in [-0.25, -0.2) is 26.4 Å². The van der Waals surface area contributed by atoms with Crippen LogP contribution in [0.2, 0.25) is 0 Å². The fourth-order valence-corrected chi connectivity index (χ4v) is 5.23. The highest BCUT2D eigenvalue weighted by Crippen LogP contribution is 2.47. The average molecular weight is 522 g/mol. The first-order chi connectivity index (χ1) is 17.1. The van der Waals surface area contributed by atoms with Crippen molar-refractivity contribution in [3.8, 4) is 16.9 Å². The highest BCUT2D eigenvalue weighted by atomic mass is 32.2. The number of aliphatic hydroxyl groups excluding tert-OH is 1. The second-order valence-corrected chi connectivity index (χ2v) is 9.89. The molecule has 0 spiro atoms. The van der Waals surface area contributed by atoms with E-state index in [0.29, 0.717) is 11.6 Å². The van der Waals surface area contributed by atoms with E-state index in [0.717, 1.165) is 44.2 Å². The van der Waals surface area contributed by atoms with E-state index >= 15 is 0 Å². The SMILES string of the molecule is COC(=O)c1cc(C2CC2)c(OC)c(S(=O)(=O)Nc2cc(-c3cc(F)ccc3CO)c(F)cc2F)c1. The summed E-state index contributed by atoms with van der Waals surface area (Å²) in [4.78, 5) is 11.8. The van der Waals surface area contributed by atoms with E-state index in [1.165, 1.54) is 19.2 Å². The largest absolute Gasteiger partial charge is 0.495 e. The van der Waals surface area contributed by atoms with Crippen molar-refractivity contribution in [1.82, 2.24) is 0 Å². The second kappa shape index (κ2) is 9.82. The first-order valence-electron chi connectivity index (χ1n) is 10.8. The molecule has 190 valence electrons. The van der Waals surface area contributed by atoms with Crippen LogP contribution in [0.3, 0.4) is 0 Å². The molecule has 0 heterocycles. The molecule has 1 fully saturated rings. The second-order valence-electron chi connectivity index (χ2n) is 8.24. The monoisotopic (exact) mass is 521 g/mol. The standard InChI is InChI=1S/C25H22F3NO6S/c1-34-24-18(13-3-4-13)7-15(25(31)35-2)8-23(24)36(32,33)29-22-10-19(20(27)11-21(22)28)17-9-16(26)6-5-14(17)12-30/h5-11,13,29-30H,3-4,12H2,1-2H3. The Balaban J connectivity index is 1.84. The van der Waals surface area contributed by atoms with Gasteiger partial charge in [-0.3, -0.25) is 4.72 Å². The van der Waals surface area contributed by atoms with E-state index in [9.17, 15) is 31.5 Å². The van der Waals surface area contributed by atoms with E-state index in [1.54, 1.807) is 0 Å². The number of benzene rings is 3. The number of methoxy groups -OCH3 is 2. The molecule has 4 rings (SSSR count). The molecule has 0 amide bonds. The molecule has 11 heteroatoms. The van der Waals surface area contributed by atoms with Crippen molar-refractivity contribution in [3.63, 3.8) is 0 Å². The Kier molecular flexibility index (Phi) is 6.96. The van der Waals surface area contributed by atoms with Gasteiger partial charge in [-0.1, -0.05) is 6.07 Å². The summed E-state index contributed by atoms with van der Waals surface area (Å²) >= 11 is 0. The minimum absolute atomic E-state index is 0.00639. The van der Waals surface area contributed by atoms with Crippen molar-refractivity contribution < 1.29 is 41.0 Å². The molecule has 36 heavy (non-hydrogen) atoms. The van der Waals surface area contributed by atoms with Crippen molar-refractivity contribution in [3.05, 3.63) is 76.6 Å². The molecule has 0 radical (unpaired) electrons. The van der Waals surface area contributed by atoms with Crippen LogP contribution in [0.15, 0.2) is 47.4 Å². The number of aliphatic hydroxyl groups is 1. The molecule has 0 atom stereocenters. The molecule has 1 aliphatic rings. The van der Waals surface area contributed by atoms with Crippen molar-refractivity contribution in [1.29, 1.82) is 0 Å². The zero-order valence-electron chi connectivity index (χ0n) is 19.3. The van der Waals surface area contributed by atoms with Crippen LogP contribution in [0.5, 0.6) is 5.75 Å². The van der Waals surface area contributed by atoms with Gasteiger partial charge in [0.05, 0.1) is 32.1 Å². The molecule has 3 aromatic carbocycles. The van der Waals surface area contributed by atoms with Crippen LogP contribution in [0, 0.1) is 17.5 Å². The van der Waals surface area contributed by atoms with Gasteiger partial charge < -0.3 is 14.6 Å². The summed E-state index contributed by atoms with van der Waals surface area (Å²) in [6.45, 7) is -0.561. The van der Waals surface area contributed by atoms with Crippen LogP contribution < -0.4 is 9.46 Å². The minimum atomic E-state index is -4.58. The fourth-order valence-electron chi connectivity index (χ4n) is 3.95. The van der Waals surface area contributed by atoms with E-state index < -0.39 is 50.6 Å². The summed E-state index contributed by atoms with van der Waals surface area (Å²) in [5.41, 5.74) is -0.416. The average Bonchev–Trinajstić information content (AvgIpc) is 3.69. The Hall–Kier alpha value is -3.57. The predicted molar refractivity (Wildman–Crippen MR) is 125 cm³/mol. The normalized spacial score (nSPS) is 13.4. The summed E-state index contributed by atoms with van der Waals surface area (Å²) < 4.78 is 82.2. The third kappa shape index (κ3) is 4.89. The Labute approximate surface area is 205 Å². The number of hydrogen-bond acceptors (Lipinski definition) is 6. The molecule has 0 aromatic heterocycles. The van der Waals surface area contributed by atoms with Crippen molar-refractivity contribution in [2.45, 2.75) is 30.3 Å². The van der Waals surface area contributed by atoms with Crippen molar-refractivity contribution in [2.75, 3.05) is 18.9 Å². The number of hydrogen-bond donors (Lipinski definition) is 2. The van der Waals surface area contributed by atoms with Crippen LogP contribution in [0.1, 0.15) is 40.2 Å². The van der Waals surface area contributed by atoms with Crippen molar-refractivity contribution in [2.24, 2.45) is 0 Å². The summed E-state index contributed by atoms with van der Waals surface area (Å²) in [5.74, 6) is -3.84. The maximum atomic E-state index is 14.7. The number of carbonyl (C=O) groups excluding carboxylic acids is 1. The summed E-state index contributed by atoms with van der Waals surface area (Å²) in [6, 6.07) is 7.13. The number of rotatable bonds is 8. The topological polar surface area (TPSA) is 102 Å². The highest BCUT2D eigenvalue weighted by molar-refractivity contribution is 7.92. The highest BCUT2D eigenvalue weighted by Gasteiger charge is 2.33. The van der Waals surface area contributed by atoms with Crippen LogP contribution in [0.25, 0.3) is 11.1 Å². The molecule has 3 aromatic rings. The van der Waals surface area contributed by atoms with Gasteiger partial charge in [0.1, 0.15) is 28.1 Å². The zero-order valence-corrected chi connectivity index (χ0v) is 20.1. The molecule has 2 N–H and O–H groups in total. The van der Waals surface area contributed by atoms with Crippen LogP contribution in [-0.4, -0.2) is 33.7 Å². The first kappa shape index (κ1) is 25.5. The number of nitrogens with one attached hydrogen (secondary N) is 1. The van der Waals surface area contributed by atoms with Crippen LogP contribution >= 0.6 is 0 Å². The number of anilines is 1. The lowest BCUT2D eigenvalue weighted by Gasteiger charge is -2.17. The number of carbonyl (C=O) groups is 1. The maximum absolute atomic E-state index is 14.7. The molecule has 1 saturated carbocycles. The molecule has 0 unspecified atom stereocenters. The molecule has 0 saturated heterocycles. The summed E-state index contributed by atoms with van der Waals surface area (Å²) in [5, 5.41) is 9.56. The third-order valence-corrected chi connectivity index (χ3v) is 7.22. The summed E-state index contributed by atoms with van der Waals surface area (Å²) in [6.07, 6.45) is 1.54. The molecular formula is C25H22F3NO6S. The van der Waals surface area contributed by atoms with Crippen LogP contribution in [0.4, 0.5) is 18.9 Å². The minimum Gasteiger partial charge on any atom is -0.495 e. The molecular weight excluding hydrogens is 499 g/mol. The quantitative estimate of drug-likeness (QED) is 0.416. The fraction of sp³-hybridized carbons (Fsp3) is 0.240. The predicted octanol–water partition coefficient (Wildman–Crippen LogP) is 4.74. The van der Waals surface area contributed by atoms with Crippen molar-refractivity contribution >= 4 is 21.7 Å². The molecule has 0 bridgehead atoms. The van der Waals surface area contributed by atoms with Gasteiger partial charge in [0, 0.05) is 11.6 Å². The number of halogens is 3. The molecule has 0 aliphatic heterocycles. The Morgan fingerprint density at radius 3 is 2.36 bits per heavy atom. The van der Waals surface area contributed by atoms with Gasteiger partial charge in [0.25, 0.3) is 10.0 Å². The number of ether oxygens (including phenoxy) is 2. The molecule has 7 nitrogen and oxygen atoms in total. The Bertz CT molecular complexity index is 1450. The van der Waals surface area contributed by atoms with Gasteiger partial charge in [-0.15, -0.1) is 0 Å². The lowest BCUT2D eigenvalue weighted by atomic mass is 9.98. The maximum Gasteiger partial charge on any atom is 0.337 e. The van der Waals surface area contributed by atoms with Gasteiger partial charge in [0.15, 0.2) is 0 Å². The molecule has 1 aliphatic carbocycles. The van der Waals surface area contributed by atoms with E-state index in [2.05, 4.69) is 4.72 Å². The van der Waals surface area contributed by atoms with Gasteiger partial charge in [-0.05, 0) is 65.8 Å². The van der Waals surface area contributed by atoms with E-state index in [-0.39, 0.29) is 33.9 Å². The van der Waals surface area contributed by atoms with Crippen LogP contribution in [-0.2, 0) is 21.4 Å². The number of sulfonamides is 1. The Morgan fingerprint density at radius 1 is 1.03 bits per heavy atom. The van der Waals surface area contributed by atoms with Gasteiger partial charge >= 0.3 is 5.97 Å².